The highest BCUT2D eigenvalue weighted by molar-refractivity contribution is 5.90. The third-order valence-electron chi connectivity index (χ3n) is 3.82. The summed E-state index contributed by atoms with van der Waals surface area (Å²) in [6, 6.07) is 12.2. The van der Waals surface area contributed by atoms with Crippen molar-refractivity contribution in [2.24, 2.45) is 0 Å². The molecule has 0 spiro atoms. The number of pyridine rings is 1. The number of esters is 1. The summed E-state index contributed by atoms with van der Waals surface area (Å²) in [5.74, 6) is -0.00211. The van der Waals surface area contributed by atoms with Gasteiger partial charge in [-0.1, -0.05) is 6.07 Å². The van der Waals surface area contributed by atoms with Crippen LogP contribution < -0.4 is 10.3 Å². The van der Waals surface area contributed by atoms with Crippen LogP contribution in [-0.2, 0) is 11.3 Å². The van der Waals surface area contributed by atoms with Crippen LogP contribution in [0.3, 0.4) is 0 Å². The molecule has 0 saturated heterocycles. The molecule has 2 heterocycles. The lowest BCUT2D eigenvalue weighted by Gasteiger charge is -2.10. The van der Waals surface area contributed by atoms with Gasteiger partial charge in [0.25, 0.3) is 5.56 Å². The molecule has 7 heteroatoms. The molecular weight excluding hydrogens is 334 g/mol. The summed E-state index contributed by atoms with van der Waals surface area (Å²) >= 11 is 0. The Morgan fingerprint density at radius 2 is 1.92 bits per heavy atom. The van der Waals surface area contributed by atoms with Crippen molar-refractivity contribution in [2.45, 2.75) is 6.54 Å². The van der Waals surface area contributed by atoms with E-state index in [1.54, 1.807) is 49.8 Å². The number of carbonyl (C=O) groups is 1. The number of hydrogen-bond donors (Lipinski definition) is 0. The van der Waals surface area contributed by atoms with E-state index in [1.807, 2.05) is 6.07 Å². The Balaban J connectivity index is 2.10. The van der Waals surface area contributed by atoms with Gasteiger partial charge in [0, 0.05) is 18.0 Å². The van der Waals surface area contributed by atoms with Gasteiger partial charge >= 0.3 is 5.97 Å². The molecule has 0 saturated carbocycles. The number of methoxy groups -OCH3 is 2. The molecule has 0 amide bonds. The van der Waals surface area contributed by atoms with Crippen LogP contribution in [0.25, 0.3) is 11.3 Å². The molecule has 2 aromatic heterocycles. The number of nitrogens with zero attached hydrogens (tertiary/aromatic N) is 3. The molecular formula is C19H17N3O4. The van der Waals surface area contributed by atoms with E-state index in [9.17, 15) is 9.59 Å². The van der Waals surface area contributed by atoms with Crippen molar-refractivity contribution in [1.82, 2.24) is 14.8 Å². The minimum Gasteiger partial charge on any atom is -0.497 e. The Morgan fingerprint density at radius 3 is 2.54 bits per heavy atom. The summed E-state index contributed by atoms with van der Waals surface area (Å²) in [4.78, 5) is 28.7. The van der Waals surface area contributed by atoms with Gasteiger partial charge in [0.15, 0.2) is 0 Å². The second-order valence-electron chi connectivity index (χ2n) is 5.49. The third kappa shape index (κ3) is 3.61. The van der Waals surface area contributed by atoms with E-state index in [1.165, 1.54) is 17.9 Å². The Kier molecular flexibility index (Phi) is 5.07. The van der Waals surface area contributed by atoms with E-state index >= 15 is 0 Å². The molecule has 3 aromatic rings. The Morgan fingerprint density at radius 1 is 1.15 bits per heavy atom. The molecule has 0 bridgehead atoms. The van der Waals surface area contributed by atoms with Crippen molar-refractivity contribution in [3.63, 3.8) is 0 Å². The second kappa shape index (κ2) is 7.60. The number of ether oxygens (including phenoxy) is 2. The molecule has 0 atom stereocenters. The van der Waals surface area contributed by atoms with E-state index in [4.69, 9.17) is 9.47 Å². The van der Waals surface area contributed by atoms with E-state index in [0.717, 1.165) is 11.1 Å². The normalized spacial score (nSPS) is 10.4. The lowest BCUT2D eigenvalue weighted by molar-refractivity contribution is 0.0597. The first kappa shape index (κ1) is 17.3. The zero-order valence-corrected chi connectivity index (χ0v) is 14.4. The van der Waals surface area contributed by atoms with Gasteiger partial charge in [-0.25, -0.2) is 9.48 Å². The summed E-state index contributed by atoms with van der Waals surface area (Å²) in [6.45, 7) is 0.195. The highest BCUT2D eigenvalue weighted by atomic mass is 16.5. The Bertz CT molecular complexity index is 966. The van der Waals surface area contributed by atoms with E-state index < -0.39 is 11.5 Å². The van der Waals surface area contributed by atoms with E-state index in [0.29, 0.717) is 11.4 Å². The maximum Gasteiger partial charge on any atom is 0.343 e. The lowest BCUT2D eigenvalue weighted by atomic mass is 10.1. The number of benzene rings is 1. The van der Waals surface area contributed by atoms with Crippen LogP contribution >= 0.6 is 0 Å². The van der Waals surface area contributed by atoms with Crippen LogP contribution in [0, 0.1) is 0 Å². The molecule has 0 unspecified atom stereocenters. The Labute approximate surface area is 149 Å². The molecule has 0 N–H and O–H groups in total. The van der Waals surface area contributed by atoms with Crippen LogP contribution in [0.1, 0.15) is 15.9 Å². The topological polar surface area (TPSA) is 83.3 Å². The number of aromatic nitrogens is 3. The summed E-state index contributed by atoms with van der Waals surface area (Å²) in [5.41, 5.74) is 1.44. The zero-order valence-electron chi connectivity index (χ0n) is 14.4. The zero-order chi connectivity index (χ0) is 18.5. The number of hydrogen-bond acceptors (Lipinski definition) is 6. The van der Waals surface area contributed by atoms with Crippen molar-refractivity contribution in [3.8, 4) is 17.0 Å². The van der Waals surface area contributed by atoms with Crippen LogP contribution in [0.2, 0.25) is 0 Å². The van der Waals surface area contributed by atoms with Gasteiger partial charge in [0.1, 0.15) is 11.3 Å². The molecule has 3 rings (SSSR count). The summed E-state index contributed by atoms with van der Waals surface area (Å²) < 4.78 is 11.1. The predicted molar refractivity (Wildman–Crippen MR) is 95.2 cm³/mol. The third-order valence-corrected chi connectivity index (χ3v) is 3.82. The van der Waals surface area contributed by atoms with Crippen LogP contribution in [0.5, 0.6) is 5.75 Å². The molecule has 0 aliphatic heterocycles. The molecule has 0 fully saturated rings. The smallest absolute Gasteiger partial charge is 0.343 e. The van der Waals surface area contributed by atoms with Crippen molar-refractivity contribution >= 4 is 5.97 Å². The molecule has 0 aliphatic rings. The highest BCUT2D eigenvalue weighted by Crippen LogP contribution is 2.20. The standard InChI is InChI=1S/C19H17N3O4/c1-25-15-7-5-14(6-8-15)17-10-16(19(24)26-2)18(23)22(21-17)12-13-4-3-9-20-11-13/h3-11H,12H2,1-2H3. The van der Waals surface area contributed by atoms with Crippen molar-refractivity contribution < 1.29 is 14.3 Å². The summed E-state index contributed by atoms with van der Waals surface area (Å²) in [6.07, 6.45) is 3.29. The molecule has 7 nitrogen and oxygen atoms in total. The van der Waals surface area contributed by atoms with Crippen LogP contribution in [-0.4, -0.2) is 35.0 Å². The summed E-state index contributed by atoms with van der Waals surface area (Å²) in [5, 5.41) is 4.40. The van der Waals surface area contributed by atoms with E-state index in [2.05, 4.69) is 10.1 Å². The fraction of sp³-hybridized carbons (Fsp3) is 0.158. The lowest BCUT2D eigenvalue weighted by Crippen LogP contribution is -2.30. The van der Waals surface area contributed by atoms with Gasteiger partial charge in [-0.2, -0.15) is 5.10 Å². The molecule has 0 radical (unpaired) electrons. The highest BCUT2D eigenvalue weighted by Gasteiger charge is 2.17. The van der Waals surface area contributed by atoms with Gasteiger partial charge in [0.2, 0.25) is 0 Å². The average Bonchev–Trinajstić information content (AvgIpc) is 2.70. The maximum atomic E-state index is 12.6. The summed E-state index contributed by atoms with van der Waals surface area (Å²) in [7, 11) is 2.82. The minimum absolute atomic E-state index is 0.0720. The van der Waals surface area contributed by atoms with Crippen LogP contribution in [0.15, 0.2) is 59.7 Å². The van der Waals surface area contributed by atoms with Crippen LogP contribution in [0.4, 0.5) is 0 Å². The average molecular weight is 351 g/mol. The number of carbonyl (C=O) groups excluding carboxylic acids is 1. The fourth-order valence-electron chi connectivity index (χ4n) is 2.47. The number of rotatable bonds is 5. The van der Waals surface area contributed by atoms with Gasteiger partial charge in [0.05, 0.1) is 26.5 Å². The van der Waals surface area contributed by atoms with E-state index in [-0.39, 0.29) is 12.1 Å². The first-order valence-electron chi connectivity index (χ1n) is 7.86. The monoisotopic (exact) mass is 351 g/mol. The molecule has 0 aliphatic carbocycles. The van der Waals surface area contributed by atoms with Crippen molar-refractivity contribution in [3.05, 3.63) is 76.3 Å². The first-order chi connectivity index (χ1) is 12.6. The largest absolute Gasteiger partial charge is 0.497 e. The molecule has 132 valence electrons. The Hall–Kier alpha value is -3.48. The molecule has 1 aromatic carbocycles. The van der Waals surface area contributed by atoms with Gasteiger partial charge in [-0.3, -0.25) is 9.78 Å². The predicted octanol–water partition coefficient (Wildman–Crippen LogP) is 2.15. The maximum absolute atomic E-state index is 12.6. The van der Waals surface area contributed by atoms with Gasteiger partial charge < -0.3 is 9.47 Å². The minimum atomic E-state index is -0.702. The SMILES string of the molecule is COC(=O)c1cc(-c2ccc(OC)cc2)nn(Cc2cccnc2)c1=O. The second-order valence-corrected chi connectivity index (χ2v) is 5.49. The van der Waals surface area contributed by atoms with Gasteiger partial charge in [-0.05, 0) is 42.0 Å². The first-order valence-corrected chi connectivity index (χ1v) is 7.86. The molecule has 26 heavy (non-hydrogen) atoms. The quantitative estimate of drug-likeness (QED) is 0.655. The van der Waals surface area contributed by atoms with Crippen molar-refractivity contribution in [1.29, 1.82) is 0 Å². The van der Waals surface area contributed by atoms with Gasteiger partial charge in [-0.15, -0.1) is 0 Å². The van der Waals surface area contributed by atoms with Crippen molar-refractivity contribution in [2.75, 3.05) is 14.2 Å². The fourth-order valence-corrected chi connectivity index (χ4v) is 2.47.